The lowest BCUT2D eigenvalue weighted by atomic mass is 9.98. The van der Waals surface area contributed by atoms with Crippen molar-refractivity contribution in [2.45, 2.75) is 45.3 Å². The van der Waals surface area contributed by atoms with Gasteiger partial charge in [0.1, 0.15) is 5.75 Å². The third-order valence-electron chi connectivity index (χ3n) is 4.30. The number of rotatable bonds is 2. The van der Waals surface area contributed by atoms with E-state index in [0.717, 1.165) is 43.4 Å². The normalized spacial score (nSPS) is 25.3. The van der Waals surface area contributed by atoms with Crippen LogP contribution in [0.15, 0.2) is 12.1 Å². The number of piperazine rings is 1. The maximum absolute atomic E-state index is 6.25. The van der Waals surface area contributed by atoms with Gasteiger partial charge in [-0.05, 0) is 38.5 Å². The Kier molecular flexibility index (Phi) is 3.69. The fraction of sp³-hybridized carbons (Fsp3) is 0.625. The molecule has 0 radical (unpaired) electrons. The highest BCUT2D eigenvalue weighted by atomic mass is 35.5. The van der Waals surface area contributed by atoms with Crippen LogP contribution in [-0.2, 0) is 13.0 Å². The van der Waals surface area contributed by atoms with Gasteiger partial charge < -0.3 is 10.1 Å². The molecule has 1 fully saturated rings. The standard InChI is InChI=1S/C16H23ClN2O/c1-11-8-18-16(2,3)10-19(11)9-13-7-14(17)6-12-4-5-20-15(12)13/h6-7,11,18H,4-5,8-10H2,1-3H3. The minimum Gasteiger partial charge on any atom is -0.493 e. The van der Waals surface area contributed by atoms with Gasteiger partial charge in [0.05, 0.1) is 6.61 Å². The number of hydrogen-bond acceptors (Lipinski definition) is 3. The predicted octanol–water partition coefficient (Wildman–Crippen LogP) is 2.85. The first-order chi connectivity index (χ1) is 9.44. The lowest BCUT2D eigenvalue weighted by Crippen LogP contribution is -2.60. The van der Waals surface area contributed by atoms with E-state index in [1.165, 1.54) is 11.1 Å². The van der Waals surface area contributed by atoms with Crippen molar-refractivity contribution in [1.82, 2.24) is 10.2 Å². The second-order valence-electron chi connectivity index (χ2n) is 6.67. The van der Waals surface area contributed by atoms with Crippen molar-refractivity contribution in [1.29, 1.82) is 0 Å². The fourth-order valence-electron chi connectivity index (χ4n) is 3.17. The van der Waals surface area contributed by atoms with Gasteiger partial charge in [0.2, 0.25) is 0 Å². The van der Waals surface area contributed by atoms with Crippen molar-refractivity contribution in [2.24, 2.45) is 0 Å². The highest BCUT2D eigenvalue weighted by Crippen LogP contribution is 2.34. The minimum atomic E-state index is 0.162. The van der Waals surface area contributed by atoms with E-state index in [4.69, 9.17) is 16.3 Å². The van der Waals surface area contributed by atoms with Crippen molar-refractivity contribution in [2.75, 3.05) is 19.7 Å². The Labute approximate surface area is 126 Å². The van der Waals surface area contributed by atoms with Crippen LogP contribution >= 0.6 is 11.6 Å². The van der Waals surface area contributed by atoms with E-state index in [9.17, 15) is 0 Å². The summed E-state index contributed by atoms with van der Waals surface area (Å²) in [7, 11) is 0. The van der Waals surface area contributed by atoms with Crippen LogP contribution < -0.4 is 10.1 Å². The van der Waals surface area contributed by atoms with Gasteiger partial charge in [-0.1, -0.05) is 11.6 Å². The summed E-state index contributed by atoms with van der Waals surface area (Å²) in [6, 6.07) is 4.63. The number of halogens is 1. The van der Waals surface area contributed by atoms with Crippen molar-refractivity contribution < 1.29 is 4.74 Å². The summed E-state index contributed by atoms with van der Waals surface area (Å²) >= 11 is 6.25. The summed E-state index contributed by atoms with van der Waals surface area (Å²) in [6.45, 7) is 10.5. The third-order valence-corrected chi connectivity index (χ3v) is 4.51. The molecule has 0 saturated carbocycles. The molecule has 4 heteroatoms. The quantitative estimate of drug-likeness (QED) is 0.908. The summed E-state index contributed by atoms with van der Waals surface area (Å²) in [5.41, 5.74) is 2.65. The van der Waals surface area contributed by atoms with Crippen LogP contribution in [0.1, 0.15) is 31.9 Å². The Morgan fingerprint density at radius 2 is 2.25 bits per heavy atom. The molecule has 0 amide bonds. The Morgan fingerprint density at radius 3 is 3.05 bits per heavy atom. The second-order valence-corrected chi connectivity index (χ2v) is 7.11. The molecule has 2 aliphatic heterocycles. The number of nitrogens with one attached hydrogen (secondary N) is 1. The van der Waals surface area contributed by atoms with E-state index >= 15 is 0 Å². The fourth-order valence-corrected chi connectivity index (χ4v) is 3.43. The molecule has 0 aliphatic carbocycles. The van der Waals surface area contributed by atoms with Gasteiger partial charge in [-0.2, -0.15) is 0 Å². The van der Waals surface area contributed by atoms with Gasteiger partial charge in [-0.15, -0.1) is 0 Å². The second kappa shape index (κ2) is 5.21. The van der Waals surface area contributed by atoms with Crippen molar-refractivity contribution >= 4 is 11.6 Å². The van der Waals surface area contributed by atoms with Gasteiger partial charge in [0.25, 0.3) is 0 Å². The lowest BCUT2D eigenvalue weighted by Gasteiger charge is -2.43. The maximum atomic E-state index is 6.25. The van der Waals surface area contributed by atoms with Crippen LogP contribution in [-0.4, -0.2) is 36.2 Å². The van der Waals surface area contributed by atoms with Crippen molar-refractivity contribution in [3.8, 4) is 5.75 Å². The molecule has 1 unspecified atom stereocenters. The summed E-state index contributed by atoms with van der Waals surface area (Å²) in [5, 5.41) is 4.41. The average Bonchev–Trinajstić information content (AvgIpc) is 2.81. The molecule has 1 atom stereocenters. The zero-order valence-corrected chi connectivity index (χ0v) is 13.3. The summed E-state index contributed by atoms with van der Waals surface area (Å²) in [6.07, 6.45) is 0.978. The molecule has 20 heavy (non-hydrogen) atoms. The minimum absolute atomic E-state index is 0.162. The summed E-state index contributed by atoms with van der Waals surface area (Å²) in [4.78, 5) is 2.52. The first-order valence-corrected chi connectivity index (χ1v) is 7.75. The Balaban J connectivity index is 1.84. The molecular weight excluding hydrogens is 272 g/mol. The predicted molar refractivity (Wildman–Crippen MR) is 82.6 cm³/mol. The van der Waals surface area contributed by atoms with Crippen LogP contribution in [0, 0.1) is 0 Å². The molecule has 3 rings (SSSR count). The zero-order chi connectivity index (χ0) is 14.3. The van der Waals surface area contributed by atoms with E-state index in [-0.39, 0.29) is 5.54 Å². The van der Waals surface area contributed by atoms with Crippen LogP contribution in [0.25, 0.3) is 0 Å². The Hall–Kier alpha value is -0.770. The molecule has 0 spiro atoms. The molecular formula is C16H23ClN2O. The van der Waals surface area contributed by atoms with Crippen molar-refractivity contribution in [3.63, 3.8) is 0 Å². The molecule has 1 saturated heterocycles. The molecule has 0 bridgehead atoms. The number of nitrogens with zero attached hydrogens (tertiary/aromatic N) is 1. The molecule has 110 valence electrons. The van der Waals surface area contributed by atoms with Crippen LogP contribution in [0.3, 0.4) is 0 Å². The molecule has 1 N–H and O–H groups in total. The van der Waals surface area contributed by atoms with Crippen LogP contribution in [0.5, 0.6) is 5.75 Å². The number of hydrogen-bond donors (Lipinski definition) is 1. The van der Waals surface area contributed by atoms with E-state index in [0.29, 0.717) is 6.04 Å². The van der Waals surface area contributed by atoms with Gasteiger partial charge in [0, 0.05) is 48.2 Å². The van der Waals surface area contributed by atoms with Gasteiger partial charge in [-0.25, -0.2) is 0 Å². The van der Waals surface area contributed by atoms with Gasteiger partial charge in [0.15, 0.2) is 0 Å². The lowest BCUT2D eigenvalue weighted by molar-refractivity contribution is 0.0969. The molecule has 1 aromatic rings. The van der Waals surface area contributed by atoms with Crippen molar-refractivity contribution in [3.05, 3.63) is 28.3 Å². The van der Waals surface area contributed by atoms with E-state index in [2.05, 4.69) is 37.1 Å². The highest BCUT2D eigenvalue weighted by Gasteiger charge is 2.31. The van der Waals surface area contributed by atoms with Crippen LogP contribution in [0.2, 0.25) is 5.02 Å². The van der Waals surface area contributed by atoms with E-state index in [1.54, 1.807) is 0 Å². The zero-order valence-electron chi connectivity index (χ0n) is 12.5. The Bertz CT molecular complexity index is 515. The topological polar surface area (TPSA) is 24.5 Å². The first-order valence-electron chi connectivity index (χ1n) is 7.38. The van der Waals surface area contributed by atoms with Gasteiger partial charge >= 0.3 is 0 Å². The van der Waals surface area contributed by atoms with Crippen LogP contribution in [0.4, 0.5) is 0 Å². The summed E-state index contributed by atoms with van der Waals surface area (Å²) < 4.78 is 5.81. The number of ether oxygens (including phenoxy) is 1. The van der Waals surface area contributed by atoms with E-state index < -0.39 is 0 Å². The average molecular weight is 295 g/mol. The monoisotopic (exact) mass is 294 g/mol. The molecule has 3 nitrogen and oxygen atoms in total. The molecule has 0 aromatic heterocycles. The third kappa shape index (κ3) is 2.80. The van der Waals surface area contributed by atoms with E-state index in [1.807, 2.05) is 6.07 Å². The van der Waals surface area contributed by atoms with Gasteiger partial charge in [-0.3, -0.25) is 4.90 Å². The molecule has 1 aromatic carbocycles. The molecule has 2 aliphatic rings. The summed E-state index contributed by atoms with van der Waals surface area (Å²) in [5.74, 6) is 1.07. The molecule has 2 heterocycles. The smallest absolute Gasteiger partial charge is 0.127 e. The first kappa shape index (κ1) is 14.2. The highest BCUT2D eigenvalue weighted by molar-refractivity contribution is 6.30. The SMILES string of the molecule is CC1CNC(C)(C)CN1Cc1cc(Cl)cc2c1OCC2. The number of fused-ring (bicyclic) bond motifs is 1. The number of benzene rings is 1. The largest absolute Gasteiger partial charge is 0.493 e. The maximum Gasteiger partial charge on any atom is 0.127 e. The Morgan fingerprint density at radius 1 is 1.45 bits per heavy atom.